The first-order valence-electron chi connectivity index (χ1n) is 9.26. The maximum Gasteiger partial charge on any atom is 0.128 e. The SMILES string of the molecule is CCc1cc(-c2[nH]nc(S)c2-c2cccc(N3CCCC3)c2)c(O)cc1O. The summed E-state index contributed by atoms with van der Waals surface area (Å²) in [6.07, 6.45) is 3.11. The predicted molar refractivity (Wildman–Crippen MR) is 111 cm³/mol. The number of phenolic OH excluding ortho intramolecular Hbond substituents is 2. The zero-order valence-corrected chi connectivity index (χ0v) is 16.1. The molecule has 140 valence electrons. The van der Waals surface area contributed by atoms with Gasteiger partial charge in [0.2, 0.25) is 0 Å². The highest BCUT2D eigenvalue weighted by atomic mass is 32.1. The summed E-state index contributed by atoms with van der Waals surface area (Å²) in [5, 5.41) is 28.3. The number of phenols is 2. The number of aromatic amines is 1. The van der Waals surface area contributed by atoms with Gasteiger partial charge in [-0.3, -0.25) is 5.10 Å². The molecule has 0 bridgehead atoms. The molecule has 2 heterocycles. The lowest BCUT2D eigenvalue weighted by molar-refractivity contribution is 0.447. The van der Waals surface area contributed by atoms with Crippen LogP contribution in [0.1, 0.15) is 25.3 Å². The number of benzene rings is 2. The van der Waals surface area contributed by atoms with Crippen molar-refractivity contribution in [2.45, 2.75) is 31.2 Å². The lowest BCUT2D eigenvalue weighted by Gasteiger charge is -2.18. The molecular formula is C21H23N3O2S. The summed E-state index contributed by atoms with van der Waals surface area (Å²) in [5.74, 6) is 0.112. The molecule has 4 rings (SSSR count). The molecule has 0 aliphatic carbocycles. The van der Waals surface area contributed by atoms with E-state index in [0.717, 1.165) is 29.8 Å². The maximum atomic E-state index is 10.4. The van der Waals surface area contributed by atoms with Crippen molar-refractivity contribution >= 4 is 18.3 Å². The van der Waals surface area contributed by atoms with Crippen LogP contribution in [0.5, 0.6) is 11.5 Å². The number of aromatic nitrogens is 2. The number of anilines is 1. The molecule has 1 aliphatic rings. The van der Waals surface area contributed by atoms with Gasteiger partial charge in [0.05, 0.1) is 5.69 Å². The minimum atomic E-state index is 0.0126. The summed E-state index contributed by atoms with van der Waals surface area (Å²) >= 11 is 4.54. The summed E-state index contributed by atoms with van der Waals surface area (Å²) < 4.78 is 0. The first-order valence-corrected chi connectivity index (χ1v) is 9.71. The average molecular weight is 382 g/mol. The monoisotopic (exact) mass is 381 g/mol. The fraction of sp³-hybridized carbons (Fsp3) is 0.286. The Bertz CT molecular complexity index is 978. The van der Waals surface area contributed by atoms with Crippen LogP contribution in [0.25, 0.3) is 22.4 Å². The zero-order chi connectivity index (χ0) is 19.0. The number of nitrogens with one attached hydrogen (secondary N) is 1. The van der Waals surface area contributed by atoms with Crippen molar-refractivity contribution in [3.63, 3.8) is 0 Å². The van der Waals surface area contributed by atoms with Crippen molar-refractivity contribution in [1.82, 2.24) is 10.2 Å². The number of aromatic hydroxyl groups is 2. The molecule has 3 aromatic rings. The Hall–Kier alpha value is -2.60. The molecule has 0 atom stereocenters. The van der Waals surface area contributed by atoms with Crippen LogP contribution < -0.4 is 4.90 Å². The Morgan fingerprint density at radius 3 is 2.63 bits per heavy atom. The Morgan fingerprint density at radius 2 is 1.89 bits per heavy atom. The van der Waals surface area contributed by atoms with E-state index < -0.39 is 0 Å². The van der Waals surface area contributed by atoms with Crippen molar-refractivity contribution in [2.75, 3.05) is 18.0 Å². The predicted octanol–water partition coefficient (Wildman–Crippen LogP) is 4.61. The molecule has 1 aliphatic heterocycles. The van der Waals surface area contributed by atoms with Gasteiger partial charge in [-0.15, -0.1) is 12.6 Å². The largest absolute Gasteiger partial charge is 0.508 e. The number of thiol groups is 1. The lowest BCUT2D eigenvalue weighted by atomic mass is 9.98. The summed E-state index contributed by atoms with van der Waals surface area (Å²) in [7, 11) is 0. The normalized spacial score (nSPS) is 14.1. The minimum Gasteiger partial charge on any atom is -0.508 e. The van der Waals surface area contributed by atoms with Crippen LogP contribution >= 0.6 is 12.6 Å². The van der Waals surface area contributed by atoms with E-state index in [1.807, 2.05) is 19.1 Å². The van der Waals surface area contributed by atoms with Crippen molar-refractivity contribution in [2.24, 2.45) is 0 Å². The molecule has 0 spiro atoms. The van der Waals surface area contributed by atoms with Gasteiger partial charge in [0.1, 0.15) is 16.5 Å². The van der Waals surface area contributed by atoms with Crippen LogP contribution in [0.4, 0.5) is 5.69 Å². The number of nitrogens with zero attached hydrogens (tertiary/aromatic N) is 2. The summed E-state index contributed by atoms with van der Waals surface area (Å²) in [4.78, 5) is 2.38. The highest BCUT2D eigenvalue weighted by Gasteiger charge is 2.20. The van der Waals surface area contributed by atoms with Crippen molar-refractivity contribution in [1.29, 1.82) is 0 Å². The highest BCUT2D eigenvalue weighted by molar-refractivity contribution is 7.80. The molecule has 0 unspecified atom stereocenters. The third-order valence-corrected chi connectivity index (χ3v) is 5.52. The van der Waals surface area contributed by atoms with E-state index in [9.17, 15) is 10.2 Å². The van der Waals surface area contributed by atoms with Crippen LogP contribution in [-0.4, -0.2) is 33.5 Å². The van der Waals surface area contributed by atoms with Crippen molar-refractivity contribution in [3.8, 4) is 33.9 Å². The van der Waals surface area contributed by atoms with Gasteiger partial charge < -0.3 is 15.1 Å². The van der Waals surface area contributed by atoms with E-state index in [4.69, 9.17) is 0 Å². The molecule has 0 saturated carbocycles. The molecule has 0 radical (unpaired) electrons. The van der Waals surface area contributed by atoms with Crippen LogP contribution in [0.15, 0.2) is 41.4 Å². The molecule has 2 aromatic carbocycles. The summed E-state index contributed by atoms with van der Waals surface area (Å²) in [6.45, 7) is 4.12. The Morgan fingerprint density at radius 1 is 1.11 bits per heavy atom. The fourth-order valence-corrected chi connectivity index (χ4v) is 4.03. The first-order chi connectivity index (χ1) is 13.1. The number of H-pyrrole nitrogens is 1. The van der Waals surface area contributed by atoms with E-state index in [1.54, 1.807) is 6.07 Å². The van der Waals surface area contributed by atoms with E-state index in [2.05, 4.69) is 39.9 Å². The van der Waals surface area contributed by atoms with Crippen molar-refractivity contribution in [3.05, 3.63) is 42.0 Å². The second-order valence-corrected chi connectivity index (χ2v) is 7.32. The molecule has 1 saturated heterocycles. The molecule has 5 nitrogen and oxygen atoms in total. The minimum absolute atomic E-state index is 0.0126. The third-order valence-electron chi connectivity index (χ3n) is 5.20. The maximum absolute atomic E-state index is 10.4. The lowest BCUT2D eigenvalue weighted by Crippen LogP contribution is -2.17. The standard InChI is InChI=1S/C21H23N3O2S/c1-2-13-11-16(18(26)12-17(13)25)20-19(21(27)23-22-20)14-6-5-7-15(10-14)24-8-3-4-9-24/h5-7,10-12,25-26H,2-4,8-9H2,1H3,(H2,22,23,27). The number of rotatable bonds is 4. The average Bonchev–Trinajstić information content (AvgIpc) is 3.32. The van der Waals surface area contributed by atoms with Crippen molar-refractivity contribution < 1.29 is 10.2 Å². The van der Waals surface area contributed by atoms with Crippen LogP contribution in [0.2, 0.25) is 0 Å². The Labute approximate surface area is 164 Å². The molecule has 0 amide bonds. The van der Waals surface area contributed by atoms with Gasteiger partial charge in [0.15, 0.2) is 0 Å². The summed E-state index contributed by atoms with van der Waals surface area (Å²) in [5.41, 5.74) is 5.12. The molecule has 1 aromatic heterocycles. The topological polar surface area (TPSA) is 72.4 Å². The van der Waals surface area contributed by atoms with Gasteiger partial charge in [0.25, 0.3) is 0 Å². The zero-order valence-electron chi connectivity index (χ0n) is 15.2. The third kappa shape index (κ3) is 3.25. The van der Waals surface area contributed by atoms with E-state index in [-0.39, 0.29) is 11.5 Å². The van der Waals surface area contributed by atoms with E-state index >= 15 is 0 Å². The summed E-state index contributed by atoms with van der Waals surface area (Å²) in [6, 6.07) is 11.5. The van der Waals surface area contributed by atoms with Crippen LogP contribution in [0.3, 0.4) is 0 Å². The highest BCUT2D eigenvalue weighted by Crippen LogP contribution is 2.41. The van der Waals surface area contributed by atoms with Gasteiger partial charge in [-0.2, -0.15) is 5.10 Å². The number of hydrogen-bond donors (Lipinski definition) is 4. The van der Waals surface area contributed by atoms with Crippen LogP contribution in [-0.2, 0) is 6.42 Å². The molecule has 1 fully saturated rings. The molecule has 6 heteroatoms. The molecule has 27 heavy (non-hydrogen) atoms. The van der Waals surface area contributed by atoms with Gasteiger partial charge in [-0.25, -0.2) is 0 Å². The van der Waals surface area contributed by atoms with E-state index in [0.29, 0.717) is 22.7 Å². The smallest absolute Gasteiger partial charge is 0.128 e. The quantitative estimate of drug-likeness (QED) is 0.498. The second kappa shape index (κ2) is 7.19. The molecule has 3 N–H and O–H groups in total. The second-order valence-electron chi connectivity index (χ2n) is 6.89. The van der Waals surface area contributed by atoms with Gasteiger partial charge in [-0.1, -0.05) is 19.1 Å². The Balaban J connectivity index is 1.83. The number of hydrogen-bond acceptors (Lipinski definition) is 5. The van der Waals surface area contributed by atoms with Gasteiger partial charge >= 0.3 is 0 Å². The Kier molecular flexibility index (Phi) is 4.74. The molecular weight excluding hydrogens is 358 g/mol. The van der Waals surface area contributed by atoms with E-state index in [1.165, 1.54) is 24.6 Å². The van der Waals surface area contributed by atoms with Gasteiger partial charge in [-0.05, 0) is 48.6 Å². The fourth-order valence-electron chi connectivity index (χ4n) is 3.74. The first kappa shape index (κ1) is 17.8. The number of aryl methyl sites for hydroxylation is 1. The van der Waals surface area contributed by atoms with Gasteiger partial charge in [0, 0.05) is 36.0 Å². The van der Waals surface area contributed by atoms with Crippen LogP contribution in [0, 0.1) is 0 Å².